The smallest absolute Gasteiger partial charge is 0.330 e. The van der Waals surface area contributed by atoms with Gasteiger partial charge in [0, 0.05) is 29.2 Å². The lowest BCUT2D eigenvalue weighted by Gasteiger charge is -2.42. The van der Waals surface area contributed by atoms with E-state index in [9.17, 15) is 9.90 Å². The van der Waals surface area contributed by atoms with Gasteiger partial charge in [0.1, 0.15) is 0 Å². The highest BCUT2D eigenvalue weighted by molar-refractivity contribution is 6.30. The first-order valence-electron chi connectivity index (χ1n) is 10.0. The maximum Gasteiger partial charge on any atom is 0.330 e. The number of aliphatic hydroxyl groups is 1. The Bertz CT molecular complexity index is 912. The van der Waals surface area contributed by atoms with Crippen LogP contribution in [0.15, 0.2) is 54.6 Å². The molecule has 0 radical (unpaired) electrons. The molecule has 2 aromatic rings. The fourth-order valence-electron chi connectivity index (χ4n) is 3.71. The molecule has 1 fully saturated rings. The van der Waals surface area contributed by atoms with Crippen LogP contribution in [0.1, 0.15) is 30.5 Å². The quantitative estimate of drug-likeness (QED) is 0.555. The third-order valence-electron chi connectivity index (χ3n) is 5.51. The molecule has 2 unspecified atom stereocenters. The second-order valence-electron chi connectivity index (χ2n) is 7.71. The van der Waals surface area contributed by atoms with Crippen LogP contribution in [0.3, 0.4) is 0 Å². The fourth-order valence-corrected chi connectivity index (χ4v) is 3.90. The van der Waals surface area contributed by atoms with Gasteiger partial charge in [-0.05, 0) is 49.1 Å². The van der Waals surface area contributed by atoms with E-state index in [0.717, 1.165) is 24.1 Å². The van der Waals surface area contributed by atoms with Crippen LogP contribution in [0.4, 0.5) is 0 Å². The molecule has 160 valence electrons. The van der Waals surface area contributed by atoms with Crippen molar-refractivity contribution >= 4 is 23.1 Å². The molecule has 1 aliphatic rings. The van der Waals surface area contributed by atoms with Gasteiger partial charge in [0.15, 0.2) is 0 Å². The Balaban J connectivity index is 1.66. The summed E-state index contributed by atoms with van der Waals surface area (Å²) in [5.74, 6) is -1.72. The van der Waals surface area contributed by atoms with Gasteiger partial charge in [0.05, 0.1) is 20.3 Å². The third kappa shape index (κ3) is 5.49. The number of β-amino-alcohol motifs (C(OH)–C–C–N with tert-alkyl or cyclic N) is 1. The van der Waals surface area contributed by atoms with E-state index in [4.69, 9.17) is 16.3 Å². The summed E-state index contributed by atoms with van der Waals surface area (Å²) in [5.41, 5.74) is 3.71. The summed E-state index contributed by atoms with van der Waals surface area (Å²) in [6, 6.07) is 15.6. The van der Waals surface area contributed by atoms with Crippen LogP contribution in [-0.4, -0.2) is 48.8 Å². The molecule has 0 amide bonds. The van der Waals surface area contributed by atoms with E-state index < -0.39 is 5.79 Å². The predicted octanol–water partition coefficient (Wildman–Crippen LogP) is 4.02. The zero-order valence-electron chi connectivity index (χ0n) is 17.6. The number of methoxy groups -OCH3 is 1. The van der Waals surface area contributed by atoms with Gasteiger partial charge in [0.25, 0.3) is 0 Å². The van der Waals surface area contributed by atoms with E-state index in [1.807, 2.05) is 31.2 Å². The van der Waals surface area contributed by atoms with E-state index in [-0.39, 0.29) is 12.0 Å². The van der Waals surface area contributed by atoms with Crippen molar-refractivity contribution in [2.75, 3.05) is 26.8 Å². The summed E-state index contributed by atoms with van der Waals surface area (Å²) in [6.45, 7) is 5.62. The number of hydrogen-bond donors (Lipinski definition) is 1. The Labute approximate surface area is 182 Å². The number of nitrogens with zero attached hydrogens (tertiary/aromatic N) is 1. The van der Waals surface area contributed by atoms with E-state index in [1.165, 1.54) is 18.7 Å². The third-order valence-corrected chi connectivity index (χ3v) is 5.75. The molecule has 1 heterocycles. The van der Waals surface area contributed by atoms with Crippen molar-refractivity contribution in [2.24, 2.45) is 0 Å². The van der Waals surface area contributed by atoms with Crippen molar-refractivity contribution in [3.63, 3.8) is 0 Å². The molecule has 0 saturated carbocycles. The van der Waals surface area contributed by atoms with Crippen molar-refractivity contribution in [1.29, 1.82) is 0 Å². The first-order valence-corrected chi connectivity index (χ1v) is 10.4. The molecule has 0 spiro atoms. The zero-order chi connectivity index (χ0) is 21.7. The molecule has 2 atom stereocenters. The van der Waals surface area contributed by atoms with Gasteiger partial charge in [-0.1, -0.05) is 48.0 Å². The first-order chi connectivity index (χ1) is 14.3. The van der Waals surface area contributed by atoms with E-state index >= 15 is 0 Å². The fraction of sp³-hybridized carbons (Fsp3) is 0.375. The standard InChI is InChI=1S/C24H28ClNO4/c1-17(13-23(27)29-3)20-9-7-19(8-10-20)14-18(2)26-11-12-30-24(28,16-26)21-5-4-6-22(25)15-21/h4-10,13,15,18,28H,11-12,14,16H2,1-3H3/b17-13+. The maximum absolute atomic E-state index is 11.4. The predicted molar refractivity (Wildman–Crippen MR) is 118 cm³/mol. The number of morpholine rings is 1. The van der Waals surface area contributed by atoms with Crippen molar-refractivity contribution in [3.05, 3.63) is 76.3 Å². The summed E-state index contributed by atoms with van der Waals surface area (Å²) >= 11 is 6.09. The molecule has 5 nitrogen and oxygen atoms in total. The molecule has 30 heavy (non-hydrogen) atoms. The lowest BCUT2D eigenvalue weighted by molar-refractivity contribution is -0.251. The molecule has 3 rings (SSSR count). The van der Waals surface area contributed by atoms with Gasteiger partial charge in [-0.25, -0.2) is 4.79 Å². The number of allylic oxidation sites excluding steroid dienone is 1. The normalized spacial score (nSPS) is 21.3. The minimum absolute atomic E-state index is 0.220. The van der Waals surface area contributed by atoms with Crippen molar-refractivity contribution in [2.45, 2.75) is 32.1 Å². The van der Waals surface area contributed by atoms with Gasteiger partial charge in [-0.2, -0.15) is 0 Å². The number of carbonyl (C=O) groups excluding carboxylic acids is 1. The minimum Gasteiger partial charge on any atom is -0.466 e. The highest BCUT2D eigenvalue weighted by Gasteiger charge is 2.37. The summed E-state index contributed by atoms with van der Waals surface area (Å²) in [7, 11) is 1.37. The lowest BCUT2D eigenvalue weighted by atomic mass is 9.99. The number of esters is 1. The SMILES string of the molecule is COC(=O)/C=C(\C)c1ccc(CC(C)N2CCOC(O)(c3cccc(Cl)c3)C2)cc1. The van der Waals surface area contributed by atoms with Crippen molar-refractivity contribution < 1.29 is 19.4 Å². The Morgan fingerprint density at radius 3 is 2.73 bits per heavy atom. The Kier molecular flexibility index (Phi) is 7.32. The summed E-state index contributed by atoms with van der Waals surface area (Å²) in [6.07, 6.45) is 2.33. The Morgan fingerprint density at radius 2 is 2.07 bits per heavy atom. The number of halogens is 1. The molecular weight excluding hydrogens is 402 g/mol. The average molecular weight is 430 g/mol. The Morgan fingerprint density at radius 1 is 1.33 bits per heavy atom. The Hall–Kier alpha value is -2.18. The van der Waals surface area contributed by atoms with Crippen LogP contribution in [0.25, 0.3) is 5.57 Å². The second kappa shape index (κ2) is 9.75. The van der Waals surface area contributed by atoms with Crippen LogP contribution in [0.2, 0.25) is 5.02 Å². The van der Waals surface area contributed by atoms with E-state index in [0.29, 0.717) is 23.7 Å². The molecular formula is C24H28ClNO4. The van der Waals surface area contributed by atoms with E-state index in [1.54, 1.807) is 12.1 Å². The molecule has 1 saturated heterocycles. The monoisotopic (exact) mass is 429 g/mol. The highest BCUT2D eigenvalue weighted by atomic mass is 35.5. The number of hydrogen-bond acceptors (Lipinski definition) is 5. The second-order valence-corrected chi connectivity index (χ2v) is 8.15. The molecule has 6 heteroatoms. The highest BCUT2D eigenvalue weighted by Crippen LogP contribution is 2.30. The summed E-state index contributed by atoms with van der Waals surface area (Å²) in [5, 5.41) is 11.7. The van der Waals surface area contributed by atoms with Gasteiger partial charge in [-0.3, -0.25) is 4.90 Å². The molecule has 2 aromatic carbocycles. The molecule has 1 N–H and O–H groups in total. The van der Waals surface area contributed by atoms with Crippen LogP contribution in [0.5, 0.6) is 0 Å². The molecule has 1 aliphatic heterocycles. The minimum atomic E-state index is -1.36. The zero-order valence-corrected chi connectivity index (χ0v) is 18.4. The van der Waals surface area contributed by atoms with Gasteiger partial charge < -0.3 is 14.6 Å². The van der Waals surface area contributed by atoms with Crippen molar-refractivity contribution in [3.8, 4) is 0 Å². The topological polar surface area (TPSA) is 59.0 Å². The van der Waals surface area contributed by atoms with E-state index in [2.05, 4.69) is 28.7 Å². The summed E-state index contributed by atoms with van der Waals surface area (Å²) < 4.78 is 10.4. The number of rotatable bonds is 6. The van der Waals surface area contributed by atoms with Crippen LogP contribution >= 0.6 is 11.6 Å². The lowest BCUT2D eigenvalue weighted by Crippen LogP contribution is -2.53. The molecule has 0 aliphatic carbocycles. The first kappa shape index (κ1) is 22.5. The van der Waals surface area contributed by atoms with Crippen LogP contribution in [-0.2, 0) is 26.5 Å². The molecule has 0 aromatic heterocycles. The van der Waals surface area contributed by atoms with Crippen LogP contribution < -0.4 is 0 Å². The van der Waals surface area contributed by atoms with Gasteiger partial charge in [0.2, 0.25) is 5.79 Å². The maximum atomic E-state index is 11.4. The van der Waals surface area contributed by atoms with Gasteiger partial charge in [-0.15, -0.1) is 0 Å². The average Bonchev–Trinajstić information content (AvgIpc) is 2.74. The number of carbonyl (C=O) groups is 1. The largest absolute Gasteiger partial charge is 0.466 e. The van der Waals surface area contributed by atoms with Crippen LogP contribution in [0, 0.1) is 0 Å². The number of benzene rings is 2. The summed E-state index contributed by atoms with van der Waals surface area (Å²) in [4.78, 5) is 13.7. The van der Waals surface area contributed by atoms with Crippen molar-refractivity contribution in [1.82, 2.24) is 4.90 Å². The molecule has 0 bridgehead atoms. The van der Waals surface area contributed by atoms with Gasteiger partial charge >= 0.3 is 5.97 Å². The number of ether oxygens (including phenoxy) is 2.